The molecule has 1 atom stereocenters. The molecule has 3 aliphatic heterocycles. The third-order valence-corrected chi connectivity index (χ3v) is 8.16. The first kappa shape index (κ1) is 17.7. The summed E-state index contributed by atoms with van der Waals surface area (Å²) in [5, 5.41) is 0.750. The number of carbonyl (C=O) groups excluding carboxylic acids is 1. The Morgan fingerprint density at radius 1 is 1.22 bits per heavy atom. The Morgan fingerprint density at radius 3 is 2.63 bits per heavy atom. The fraction of sp³-hybridized carbons (Fsp3) is 0.571. The number of thiophene rings is 1. The van der Waals surface area contributed by atoms with E-state index < -0.39 is 12.6 Å². The van der Waals surface area contributed by atoms with Crippen molar-refractivity contribution >= 4 is 27.2 Å². The molecule has 2 nitrogen and oxygen atoms in total. The maximum Gasteiger partial charge on any atom is 0.393 e. The van der Waals surface area contributed by atoms with E-state index in [4.69, 9.17) is 0 Å². The van der Waals surface area contributed by atoms with Crippen molar-refractivity contribution in [2.24, 2.45) is 11.8 Å². The molecule has 4 heterocycles. The van der Waals surface area contributed by atoms with Crippen LogP contribution in [0.3, 0.4) is 0 Å². The molecule has 2 bridgehead atoms. The number of benzene rings is 1. The predicted octanol–water partition coefficient (Wildman–Crippen LogP) is 5.45. The van der Waals surface area contributed by atoms with Gasteiger partial charge in [-0.15, -0.1) is 11.3 Å². The Hall–Kier alpha value is -1.40. The first-order valence-electron chi connectivity index (χ1n) is 9.72. The molecule has 0 amide bonds. The van der Waals surface area contributed by atoms with E-state index in [0.29, 0.717) is 27.8 Å². The molecule has 1 saturated carbocycles. The molecule has 4 aliphatic rings. The molecule has 1 spiro atoms. The smallest absolute Gasteiger partial charge is 0.297 e. The van der Waals surface area contributed by atoms with E-state index in [2.05, 4.69) is 4.90 Å². The molecule has 3 saturated heterocycles. The highest BCUT2D eigenvalue weighted by molar-refractivity contribution is 7.21. The summed E-state index contributed by atoms with van der Waals surface area (Å²) in [5.74, 6) is 1.17. The Kier molecular flexibility index (Phi) is 3.96. The van der Waals surface area contributed by atoms with Gasteiger partial charge in [0.1, 0.15) is 0 Å². The number of hydrogen-bond acceptors (Lipinski definition) is 3. The molecule has 6 rings (SSSR count). The van der Waals surface area contributed by atoms with Crippen LogP contribution in [0, 0.1) is 11.8 Å². The molecule has 6 heteroatoms. The van der Waals surface area contributed by atoms with Gasteiger partial charge in [-0.1, -0.05) is 18.2 Å². The molecule has 1 aliphatic carbocycles. The number of Topliss-reactive ketones (excluding diaryl/α,β-unsaturated/α-hetero) is 1. The molecular weight excluding hydrogens is 371 g/mol. The molecular formula is C21H22F3NOS. The Morgan fingerprint density at radius 2 is 1.96 bits per heavy atom. The number of hydrogen-bond donors (Lipinski definition) is 0. The standard InChI is InChI=1S/C21H22F3NOS/c22-21(23,24)12-15-3-1-2-14-10-18(27-19(14)15)17(26)11-16-13-4-8-25(9-5-13)20(16)6-7-20/h1-3,10,13,16H,4-9,11-12H2/t16-/m1/s1. The van der Waals surface area contributed by atoms with Gasteiger partial charge in [0.2, 0.25) is 0 Å². The largest absolute Gasteiger partial charge is 0.393 e. The van der Waals surface area contributed by atoms with Gasteiger partial charge >= 0.3 is 6.18 Å². The lowest BCUT2D eigenvalue weighted by atomic mass is 9.70. The number of fused-ring (bicyclic) bond motifs is 3. The van der Waals surface area contributed by atoms with E-state index in [1.807, 2.05) is 0 Å². The Bertz CT molecular complexity index is 890. The number of piperidine rings is 3. The quantitative estimate of drug-likeness (QED) is 0.644. The van der Waals surface area contributed by atoms with E-state index in [9.17, 15) is 18.0 Å². The molecule has 27 heavy (non-hydrogen) atoms. The zero-order valence-electron chi connectivity index (χ0n) is 15.0. The van der Waals surface area contributed by atoms with Crippen LogP contribution >= 0.6 is 11.3 Å². The van der Waals surface area contributed by atoms with Crippen LogP contribution in [0.25, 0.3) is 10.1 Å². The van der Waals surface area contributed by atoms with E-state index >= 15 is 0 Å². The summed E-state index contributed by atoms with van der Waals surface area (Å²) in [6, 6.07) is 6.77. The van der Waals surface area contributed by atoms with Gasteiger partial charge in [-0.2, -0.15) is 13.2 Å². The van der Waals surface area contributed by atoms with Crippen LogP contribution in [0.15, 0.2) is 24.3 Å². The fourth-order valence-electron chi connectivity index (χ4n) is 5.51. The van der Waals surface area contributed by atoms with E-state index in [-0.39, 0.29) is 16.9 Å². The number of alkyl halides is 3. The van der Waals surface area contributed by atoms with E-state index in [1.54, 1.807) is 18.2 Å². The third-order valence-electron chi connectivity index (χ3n) is 6.89. The van der Waals surface area contributed by atoms with Crippen LogP contribution in [0.4, 0.5) is 13.2 Å². The SMILES string of the molecule is O=C(C[C@@H]1C2CCN(CC2)C12CC2)c1cc2cccc(CC(F)(F)F)c2s1. The summed E-state index contributed by atoms with van der Waals surface area (Å²) in [7, 11) is 0. The van der Waals surface area contributed by atoms with E-state index in [0.717, 1.165) is 5.39 Å². The number of carbonyl (C=O) groups is 1. The first-order valence-corrected chi connectivity index (χ1v) is 10.5. The predicted molar refractivity (Wildman–Crippen MR) is 100 cm³/mol. The molecule has 2 aromatic rings. The summed E-state index contributed by atoms with van der Waals surface area (Å²) < 4.78 is 39.2. The number of ketones is 1. The summed E-state index contributed by atoms with van der Waals surface area (Å²) >= 11 is 1.24. The van der Waals surface area contributed by atoms with Gasteiger partial charge in [-0.05, 0) is 67.6 Å². The normalized spacial score (nSPS) is 28.8. The van der Waals surface area contributed by atoms with Crippen LogP contribution in [-0.2, 0) is 6.42 Å². The number of halogens is 3. The second kappa shape index (κ2) is 6.05. The average Bonchev–Trinajstić information content (AvgIpc) is 3.26. The highest BCUT2D eigenvalue weighted by atomic mass is 32.1. The lowest BCUT2D eigenvalue weighted by Gasteiger charge is -2.52. The van der Waals surface area contributed by atoms with Gasteiger partial charge in [0.15, 0.2) is 5.78 Å². The van der Waals surface area contributed by atoms with Crippen LogP contribution in [0.2, 0.25) is 0 Å². The maximum absolute atomic E-state index is 13.0. The lowest BCUT2D eigenvalue weighted by Crippen LogP contribution is -2.57. The molecule has 4 fully saturated rings. The zero-order chi connectivity index (χ0) is 18.8. The van der Waals surface area contributed by atoms with Crippen molar-refractivity contribution in [2.45, 2.75) is 50.2 Å². The van der Waals surface area contributed by atoms with Crippen molar-refractivity contribution in [2.75, 3.05) is 13.1 Å². The minimum absolute atomic E-state index is 0.110. The van der Waals surface area contributed by atoms with Crippen molar-refractivity contribution in [3.8, 4) is 0 Å². The van der Waals surface area contributed by atoms with Crippen molar-refractivity contribution in [3.63, 3.8) is 0 Å². The van der Waals surface area contributed by atoms with Crippen molar-refractivity contribution < 1.29 is 18.0 Å². The van der Waals surface area contributed by atoms with Crippen LogP contribution < -0.4 is 0 Å². The summed E-state index contributed by atoms with van der Waals surface area (Å²) in [6.45, 7) is 2.33. The topological polar surface area (TPSA) is 20.3 Å². The molecule has 0 unspecified atom stereocenters. The monoisotopic (exact) mass is 393 g/mol. The van der Waals surface area contributed by atoms with Crippen molar-refractivity contribution in [3.05, 3.63) is 34.7 Å². The van der Waals surface area contributed by atoms with Gasteiger partial charge in [0.05, 0.1) is 11.3 Å². The number of nitrogens with zero attached hydrogens (tertiary/aromatic N) is 1. The van der Waals surface area contributed by atoms with E-state index in [1.165, 1.54) is 56.2 Å². The zero-order valence-corrected chi connectivity index (χ0v) is 15.8. The first-order chi connectivity index (χ1) is 12.9. The average molecular weight is 393 g/mol. The highest BCUT2D eigenvalue weighted by Gasteiger charge is 2.60. The molecule has 144 valence electrons. The third kappa shape index (κ3) is 3.01. The molecule has 0 radical (unpaired) electrons. The van der Waals surface area contributed by atoms with Crippen molar-refractivity contribution in [1.29, 1.82) is 0 Å². The van der Waals surface area contributed by atoms with Crippen molar-refractivity contribution in [1.82, 2.24) is 4.90 Å². The van der Waals surface area contributed by atoms with Gasteiger partial charge in [0, 0.05) is 16.7 Å². The molecule has 1 aromatic carbocycles. The van der Waals surface area contributed by atoms with Gasteiger partial charge in [-0.3, -0.25) is 9.69 Å². The van der Waals surface area contributed by atoms with Gasteiger partial charge in [0.25, 0.3) is 0 Å². The van der Waals surface area contributed by atoms with Crippen LogP contribution in [0.1, 0.15) is 47.3 Å². The second-order valence-electron chi connectivity index (χ2n) is 8.40. The fourth-order valence-corrected chi connectivity index (χ4v) is 6.63. The Balaban J connectivity index is 1.41. The molecule has 0 N–H and O–H groups in total. The van der Waals surface area contributed by atoms with Crippen LogP contribution in [-0.4, -0.2) is 35.5 Å². The second-order valence-corrected chi connectivity index (χ2v) is 9.45. The van der Waals surface area contributed by atoms with Crippen LogP contribution in [0.5, 0.6) is 0 Å². The minimum atomic E-state index is -4.24. The van der Waals surface area contributed by atoms with Gasteiger partial charge in [-0.25, -0.2) is 0 Å². The summed E-state index contributed by atoms with van der Waals surface area (Å²) in [6.07, 6.45) is 0.122. The maximum atomic E-state index is 13.0. The number of rotatable bonds is 4. The summed E-state index contributed by atoms with van der Waals surface area (Å²) in [4.78, 5) is 16.3. The lowest BCUT2D eigenvalue weighted by molar-refractivity contribution is -0.126. The minimum Gasteiger partial charge on any atom is -0.297 e. The van der Waals surface area contributed by atoms with Gasteiger partial charge < -0.3 is 0 Å². The Labute approximate surface area is 160 Å². The molecule has 1 aromatic heterocycles. The highest BCUT2D eigenvalue weighted by Crippen LogP contribution is 2.58. The summed E-state index contributed by atoms with van der Waals surface area (Å²) in [5.41, 5.74) is 0.528.